The maximum Gasteiger partial charge on any atom is 0.486 e. The van der Waals surface area contributed by atoms with Gasteiger partial charge in [0.25, 0.3) is 0 Å². The van der Waals surface area contributed by atoms with Gasteiger partial charge in [0.1, 0.15) is 0 Å². The van der Waals surface area contributed by atoms with E-state index in [0.29, 0.717) is 6.42 Å². The largest absolute Gasteiger partial charge is 0.486 e. The van der Waals surface area contributed by atoms with E-state index in [2.05, 4.69) is 6.07 Å². The van der Waals surface area contributed by atoms with E-state index in [9.17, 15) is 0 Å². The van der Waals surface area contributed by atoms with Gasteiger partial charge in [0.15, 0.2) is 0 Å². The first-order valence-corrected chi connectivity index (χ1v) is 5.78. The summed E-state index contributed by atoms with van der Waals surface area (Å²) in [5, 5.41) is 8.39. The molecule has 88 valence electrons. The van der Waals surface area contributed by atoms with Crippen molar-refractivity contribution in [2.75, 3.05) is 0 Å². The second-order valence-electron chi connectivity index (χ2n) is 5.10. The highest BCUT2D eigenvalue weighted by Gasteiger charge is 2.49. The van der Waals surface area contributed by atoms with Crippen molar-refractivity contribution in [2.24, 2.45) is 0 Å². The van der Waals surface area contributed by atoms with Crippen LogP contribution in [0, 0.1) is 11.3 Å². The van der Waals surface area contributed by atoms with E-state index in [4.69, 9.17) is 14.6 Å². The number of nitriles is 1. The summed E-state index contributed by atoms with van der Waals surface area (Å²) >= 11 is 0. The molecule has 0 bridgehead atoms. The highest BCUT2D eigenvalue weighted by molar-refractivity contribution is 6.51. The lowest BCUT2D eigenvalue weighted by Gasteiger charge is -2.32. The molecule has 1 saturated heterocycles. The Kier molecular flexibility index (Phi) is 4.18. The third kappa shape index (κ3) is 3.10. The van der Waals surface area contributed by atoms with Crippen LogP contribution in [0.1, 0.15) is 47.0 Å². The standard InChI is InChI=1S/C12H20BNO2/c1-11(2)12(3,4)16-13(15-11)9-7-5-6-8-10-14/h7,9H,5-6,8H2,1-4H3/b9-7+. The number of hydrogen-bond donors (Lipinski definition) is 0. The summed E-state index contributed by atoms with van der Waals surface area (Å²) in [5.74, 6) is 1.94. The Hall–Kier alpha value is -0.785. The number of unbranched alkanes of at least 4 members (excludes halogenated alkanes) is 2. The molecule has 0 aromatic rings. The predicted molar refractivity (Wildman–Crippen MR) is 64.7 cm³/mol. The molecule has 0 atom stereocenters. The lowest BCUT2D eigenvalue weighted by Crippen LogP contribution is -2.41. The summed E-state index contributed by atoms with van der Waals surface area (Å²) in [6.45, 7) is 8.15. The van der Waals surface area contributed by atoms with E-state index in [1.54, 1.807) is 0 Å². The first-order chi connectivity index (χ1) is 7.39. The van der Waals surface area contributed by atoms with Crippen molar-refractivity contribution in [1.82, 2.24) is 0 Å². The molecule has 1 aliphatic rings. The molecule has 0 saturated carbocycles. The van der Waals surface area contributed by atoms with Gasteiger partial charge in [0.2, 0.25) is 0 Å². The zero-order valence-corrected chi connectivity index (χ0v) is 10.6. The summed E-state index contributed by atoms with van der Waals surface area (Å²) in [6, 6.07) is 2.13. The van der Waals surface area contributed by atoms with Gasteiger partial charge in [-0.1, -0.05) is 12.1 Å². The average molecular weight is 221 g/mol. The molecule has 1 heterocycles. The van der Waals surface area contributed by atoms with Gasteiger partial charge in [0.05, 0.1) is 17.3 Å². The molecule has 0 radical (unpaired) electrons. The van der Waals surface area contributed by atoms with Crippen LogP contribution in [0.5, 0.6) is 0 Å². The fourth-order valence-corrected chi connectivity index (χ4v) is 1.47. The minimum absolute atomic E-state index is 0.257. The van der Waals surface area contributed by atoms with Crippen LogP contribution in [-0.2, 0) is 9.31 Å². The second kappa shape index (κ2) is 5.03. The van der Waals surface area contributed by atoms with Crippen LogP contribution in [-0.4, -0.2) is 18.3 Å². The zero-order valence-electron chi connectivity index (χ0n) is 10.6. The number of nitrogens with zero attached hydrogens (tertiary/aromatic N) is 1. The quantitative estimate of drug-likeness (QED) is 0.541. The molecule has 0 aromatic carbocycles. The molecule has 1 rings (SSSR count). The SMILES string of the molecule is CC1(C)OB(/C=C/CCCC#N)OC1(C)C. The summed E-state index contributed by atoms with van der Waals surface area (Å²) in [7, 11) is -0.257. The normalized spacial score (nSPS) is 22.6. The molecule has 4 heteroatoms. The van der Waals surface area contributed by atoms with Crippen LogP contribution in [0.25, 0.3) is 0 Å². The second-order valence-corrected chi connectivity index (χ2v) is 5.10. The van der Waals surface area contributed by atoms with Crippen LogP contribution in [0.2, 0.25) is 0 Å². The molecule has 0 unspecified atom stereocenters. The van der Waals surface area contributed by atoms with Crippen LogP contribution in [0.3, 0.4) is 0 Å². The summed E-state index contributed by atoms with van der Waals surface area (Å²) in [6.07, 6.45) is 4.43. The van der Waals surface area contributed by atoms with Gasteiger partial charge in [-0.25, -0.2) is 0 Å². The van der Waals surface area contributed by atoms with Crippen molar-refractivity contribution in [3.05, 3.63) is 12.1 Å². The number of allylic oxidation sites excluding steroid dienone is 1. The molecule has 0 N–H and O–H groups in total. The lowest BCUT2D eigenvalue weighted by molar-refractivity contribution is 0.00578. The Balaban J connectivity index is 2.39. The fourth-order valence-electron chi connectivity index (χ4n) is 1.47. The van der Waals surface area contributed by atoms with E-state index in [1.807, 2.05) is 39.7 Å². The lowest BCUT2D eigenvalue weighted by atomic mass is 9.89. The minimum Gasteiger partial charge on any atom is -0.400 e. The Labute approximate surface area is 98.6 Å². The van der Waals surface area contributed by atoms with Crippen molar-refractivity contribution >= 4 is 7.12 Å². The molecule has 1 fully saturated rings. The Morgan fingerprint density at radius 2 is 1.75 bits per heavy atom. The molecule has 0 aliphatic carbocycles. The topological polar surface area (TPSA) is 42.2 Å². The van der Waals surface area contributed by atoms with Crippen molar-refractivity contribution in [3.8, 4) is 6.07 Å². The fraction of sp³-hybridized carbons (Fsp3) is 0.750. The van der Waals surface area contributed by atoms with Gasteiger partial charge in [-0.2, -0.15) is 5.26 Å². The van der Waals surface area contributed by atoms with E-state index in [1.165, 1.54) is 0 Å². The van der Waals surface area contributed by atoms with Gasteiger partial charge < -0.3 is 9.31 Å². The highest BCUT2D eigenvalue weighted by atomic mass is 16.7. The average Bonchev–Trinajstić information content (AvgIpc) is 2.35. The van der Waals surface area contributed by atoms with Crippen LogP contribution in [0.15, 0.2) is 12.1 Å². The van der Waals surface area contributed by atoms with Gasteiger partial charge in [-0.3, -0.25) is 0 Å². The molecule has 0 spiro atoms. The molecular formula is C12H20BNO2. The van der Waals surface area contributed by atoms with Gasteiger partial charge in [-0.15, -0.1) is 0 Å². The highest BCUT2D eigenvalue weighted by Crippen LogP contribution is 2.36. The molecule has 1 aliphatic heterocycles. The van der Waals surface area contributed by atoms with Crippen LogP contribution in [0.4, 0.5) is 0 Å². The monoisotopic (exact) mass is 221 g/mol. The molecule has 0 aromatic heterocycles. The molecule has 3 nitrogen and oxygen atoms in total. The van der Waals surface area contributed by atoms with Gasteiger partial charge in [-0.05, 0) is 40.5 Å². The Morgan fingerprint density at radius 1 is 1.19 bits per heavy atom. The predicted octanol–water partition coefficient (Wildman–Crippen LogP) is 2.87. The molecule has 16 heavy (non-hydrogen) atoms. The van der Waals surface area contributed by atoms with Gasteiger partial charge >= 0.3 is 7.12 Å². The maximum absolute atomic E-state index is 8.39. The number of hydrogen-bond acceptors (Lipinski definition) is 3. The smallest absolute Gasteiger partial charge is 0.400 e. The first-order valence-electron chi connectivity index (χ1n) is 5.78. The summed E-state index contributed by atoms with van der Waals surface area (Å²) in [4.78, 5) is 0. The maximum atomic E-state index is 8.39. The third-order valence-corrected chi connectivity index (χ3v) is 3.22. The van der Waals surface area contributed by atoms with Crippen molar-refractivity contribution in [1.29, 1.82) is 5.26 Å². The third-order valence-electron chi connectivity index (χ3n) is 3.22. The molecular weight excluding hydrogens is 201 g/mol. The van der Waals surface area contributed by atoms with E-state index in [0.717, 1.165) is 12.8 Å². The van der Waals surface area contributed by atoms with E-state index >= 15 is 0 Å². The van der Waals surface area contributed by atoms with Crippen molar-refractivity contribution in [2.45, 2.75) is 58.2 Å². The van der Waals surface area contributed by atoms with Crippen molar-refractivity contribution < 1.29 is 9.31 Å². The summed E-state index contributed by atoms with van der Waals surface area (Å²) in [5.41, 5.74) is -0.538. The number of rotatable bonds is 4. The first kappa shape index (κ1) is 13.3. The Morgan fingerprint density at radius 3 is 2.25 bits per heavy atom. The van der Waals surface area contributed by atoms with Crippen LogP contribution < -0.4 is 0 Å². The Bertz CT molecular complexity index is 289. The zero-order chi connectivity index (χ0) is 12.2. The van der Waals surface area contributed by atoms with Crippen molar-refractivity contribution in [3.63, 3.8) is 0 Å². The minimum atomic E-state index is -0.269. The summed E-state index contributed by atoms with van der Waals surface area (Å²) < 4.78 is 11.6. The molecule has 0 amide bonds. The van der Waals surface area contributed by atoms with E-state index in [-0.39, 0.29) is 18.3 Å². The van der Waals surface area contributed by atoms with E-state index < -0.39 is 0 Å². The van der Waals surface area contributed by atoms with Gasteiger partial charge in [0, 0.05) is 6.42 Å². The van der Waals surface area contributed by atoms with Crippen LogP contribution >= 0.6 is 0 Å².